The first-order valence-electron chi connectivity index (χ1n) is 35.1. The smallest absolute Gasteiger partial charge is 0.343 e. The van der Waals surface area contributed by atoms with E-state index in [-0.39, 0.29) is 95.6 Å². The molecule has 0 radical (unpaired) electrons. The summed E-state index contributed by atoms with van der Waals surface area (Å²) in [7, 11) is 0. The predicted molar refractivity (Wildman–Crippen MR) is 480 cm³/mol. The first kappa shape index (κ1) is 134. The quantitative estimate of drug-likeness (QED) is 0.102. The molecule has 8 aromatic rings. The second kappa shape index (κ2) is 95.8. The van der Waals surface area contributed by atoms with Gasteiger partial charge in [0.15, 0.2) is 0 Å². The molecule has 8 heterocycles. The molecule has 0 atom stereocenters. The van der Waals surface area contributed by atoms with Crippen LogP contribution >= 0.6 is 0 Å². The summed E-state index contributed by atoms with van der Waals surface area (Å²) < 4.78 is 5.83. The number of hydrogen-bond donors (Lipinski definition) is 0. The zero-order chi connectivity index (χ0) is 82.1. The Bertz CT molecular complexity index is 2240. The van der Waals surface area contributed by atoms with Crippen LogP contribution in [0, 0.1) is 166 Å². The Kier molecular flexibility index (Phi) is 119. The molecule has 8 rings (SSSR count). The van der Waals surface area contributed by atoms with Crippen LogP contribution in [0.1, 0.15) is 249 Å². The van der Waals surface area contributed by atoms with E-state index in [0.717, 1.165) is 180 Å². The van der Waals surface area contributed by atoms with Crippen LogP contribution in [0.4, 0.5) is 0 Å². The maximum absolute atomic E-state index is 4.07. The molecule has 0 aliphatic rings. The summed E-state index contributed by atoms with van der Waals surface area (Å²) in [6.07, 6.45) is 18.2. The van der Waals surface area contributed by atoms with Gasteiger partial charge in [-0.05, 0) is 0 Å². The third-order valence-corrected chi connectivity index (χ3v) is 13.6. The van der Waals surface area contributed by atoms with Gasteiger partial charge in [-0.2, -0.15) is 51.4 Å². The Balaban J connectivity index is -0.0000000920. The molecule has 0 N–H and O–H groups in total. The topological polar surface area (TPSA) is 206 Å². The Hall–Kier alpha value is -0.00935. The number of nitrogens with zero attached hydrogens (tertiary/aromatic N) is 16. The molecule has 108 heavy (non-hydrogen) atoms. The van der Waals surface area contributed by atoms with E-state index in [1.807, 2.05) is 159 Å². The van der Waals surface area contributed by atoms with E-state index in [0.29, 0.717) is 0 Å². The largest absolute Gasteiger partial charge is 4.00 e. The molecule has 0 saturated carbocycles. The standard InChI is InChI=1S/8C6H8N2Se.8C4H9.4Sn/c8*1-4-3-5(2)8-6(9)7-4;8*1-3-4-2;;;;/h8*3H,1-2H3,(H,7,8,9);8*1,3-4H2,2H3;;;;/q;;;;;;;;8*-1;4*+4/p-8. The van der Waals surface area contributed by atoms with Crippen molar-refractivity contribution in [2.24, 2.45) is 0 Å². The first-order valence-corrected chi connectivity index (χ1v) is 41.9. The number of aryl methyl sites for hydroxylation is 16. The van der Waals surface area contributed by atoms with E-state index in [1.165, 1.54) is 51.4 Å². The minimum absolute atomic E-state index is 0. The summed E-state index contributed by atoms with van der Waals surface area (Å²) in [4.78, 5) is 65.1. The van der Waals surface area contributed by atoms with E-state index in [2.05, 4.69) is 319 Å². The van der Waals surface area contributed by atoms with Gasteiger partial charge in [0.25, 0.3) is 0 Å². The summed E-state index contributed by atoms with van der Waals surface area (Å²) in [5, 5.41) is 0. The van der Waals surface area contributed by atoms with E-state index < -0.39 is 0 Å². The number of unbranched alkanes of at least 4 members (excludes halogenated alkanes) is 8. The van der Waals surface area contributed by atoms with Crippen molar-refractivity contribution >= 4 is 262 Å². The fourth-order valence-electron chi connectivity index (χ4n) is 5.55. The number of rotatable bonds is 8. The van der Waals surface area contributed by atoms with Crippen molar-refractivity contribution in [3.05, 3.63) is 195 Å². The van der Waals surface area contributed by atoms with E-state index in [1.54, 1.807) is 0 Å². The summed E-state index contributed by atoms with van der Waals surface area (Å²) in [6.45, 7) is 77.0. The van der Waals surface area contributed by atoms with Crippen LogP contribution in [0.15, 0.2) is 48.5 Å². The molecule has 0 amide bonds. The van der Waals surface area contributed by atoms with Gasteiger partial charge in [-0.25, -0.2) is 0 Å². The molecule has 8 aromatic heterocycles. The molecule has 0 aliphatic heterocycles. The fourth-order valence-corrected chi connectivity index (χ4v) is 10.4. The van der Waals surface area contributed by atoms with Crippen LogP contribution < -0.4 is 37.8 Å². The minimum Gasteiger partial charge on any atom is -0.343 e. The molecule has 28 heteroatoms. The second-order valence-electron chi connectivity index (χ2n) is 22.3. The monoisotopic (exact) mass is 2430 g/mol. The normalized spacial score (nSPS) is 8.59. The summed E-state index contributed by atoms with van der Waals surface area (Å²) in [6, 6.07) is 15.6. The van der Waals surface area contributed by atoms with Crippen LogP contribution in [-0.2, 0) is 0 Å². The van der Waals surface area contributed by atoms with Crippen molar-refractivity contribution in [2.45, 2.75) is 269 Å². The molecule has 0 fully saturated rings. The van der Waals surface area contributed by atoms with E-state index >= 15 is 0 Å². The Morgan fingerprint density at radius 2 is 0.213 bits per heavy atom. The van der Waals surface area contributed by atoms with Crippen LogP contribution in [0.3, 0.4) is 0 Å². The Morgan fingerprint density at radius 3 is 0.241 bits per heavy atom. The Morgan fingerprint density at radius 1 is 0.167 bits per heavy atom. The van der Waals surface area contributed by atoms with Gasteiger partial charge >= 0.3 is 592 Å². The molecule has 0 saturated heterocycles. The van der Waals surface area contributed by atoms with Crippen LogP contribution in [0.5, 0.6) is 0 Å². The van der Waals surface area contributed by atoms with Gasteiger partial charge < -0.3 is 55.4 Å². The molecular weight excluding hydrogens is 2290 g/mol. The molecule has 0 bridgehead atoms. The van der Waals surface area contributed by atoms with Crippen molar-refractivity contribution in [3.63, 3.8) is 0 Å². The van der Waals surface area contributed by atoms with Gasteiger partial charge in [0.1, 0.15) is 0 Å². The average molecular weight is 2420 g/mol. The van der Waals surface area contributed by atoms with Crippen molar-refractivity contribution in [1.82, 2.24) is 79.7 Å². The van der Waals surface area contributed by atoms with Gasteiger partial charge in [-0.15, -0.1) is 0 Å². The van der Waals surface area contributed by atoms with Crippen molar-refractivity contribution in [3.8, 4) is 0 Å². The van der Waals surface area contributed by atoms with E-state index in [9.17, 15) is 0 Å². The third kappa shape index (κ3) is 108. The molecule has 0 spiro atoms. The second-order valence-corrected chi connectivity index (χ2v) is 28.4. The third-order valence-electron chi connectivity index (χ3n) is 10.5. The van der Waals surface area contributed by atoms with Crippen LogP contribution in [-0.4, -0.2) is 303 Å². The van der Waals surface area contributed by atoms with Gasteiger partial charge in [0, 0.05) is 0 Å². The zero-order valence-corrected chi connectivity index (χ0v) is 95.1. The average Bonchev–Trinajstić information content (AvgIpc) is 0.995. The van der Waals surface area contributed by atoms with Gasteiger partial charge in [0.2, 0.25) is 0 Å². The predicted octanol–water partition coefficient (Wildman–Crippen LogP) is 10.5. The van der Waals surface area contributed by atoms with Crippen molar-refractivity contribution < 1.29 is 0 Å². The maximum Gasteiger partial charge on any atom is 4.00 e. The molecule has 0 aliphatic carbocycles. The van der Waals surface area contributed by atoms with Crippen LogP contribution in [0.2, 0.25) is 0 Å². The molecule has 16 nitrogen and oxygen atoms in total. The summed E-state index contributed by atoms with van der Waals surface area (Å²) in [5.74, 6) is 0. The zero-order valence-electron chi connectivity index (χ0n) is 70.0. The SMILES string of the molecule is Cc1cc(C)nc([Se-])n1.Cc1cc(C)nc([Se-])n1.Cc1cc(C)nc([Se-])n1.Cc1cc(C)nc([Se-])n1.Cc1cc(C)nc([Se-])n1.Cc1cc(C)nc([Se-])n1.Cc1cc(C)nc([Se-])n1.Cc1cc(C)nc([Se-])n1.[CH2-]CCC.[CH2-]CCC.[CH2-]CCC.[CH2-]CCC.[CH2-]CCC.[CH2-]CCC.[CH2-]CCC.[CH2-]CCC.[Sn+4].[Sn+4].[Sn+4].[Sn+4]. The van der Waals surface area contributed by atoms with Crippen LogP contribution in [0.25, 0.3) is 0 Å². The number of hydrogen-bond acceptors (Lipinski definition) is 16. The summed E-state index contributed by atoms with van der Waals surface area (Å²) >= 11 is 22.1. The molecule has 0 unspecified atom stereocenters. The van der Waals surface area contributed by atoms with Gasteiger partial charge in [0.05, 0.1) is 0 Å². The molecular formula is C80H128N16Se8Sn4. The molecule has 0 aromatic carbocycles. The van der Waals surface area contributed by atoms with Gasteiger partial charge in [-0.1, -0.05) is 107 Å². The van der Waals surface area contributed by atoms with Gasteiger partial charge in [-0.3, -0.25) is 0 Å². The minimum atomic E-state index is 0. The maximum atomic E-state index is 4.07. The first-order chi connectivity index (χ1) is 48.8. The fraction of sp³-hybridized carbons (Fsp3) is 0.500. The van der Waals surface area contributed by atoms with Crippen molar-refractivity contribution in [1.29, 1.82) is 0 Å². The van der Waals surface area contributed by atoms with Crippen molar-refractivity contribution in [2.75, 3.05) is 0 Å². The summed E-state index contributed by atoms with van der Waals surface area (Å²) in [5.41, 5.74) is 16.2. The Labute approximate surface area is 795 Å². The van der Waals surface area contributed by atoms with E-state index in [4.69, 9.17) is 0 Å². The molecule has 592 valence electrons. The number of aromatic nitrogens is 16.